The summed E-state index contributed by atoms with van der Waals surface area (Å²) in [6.07, 6.45) is -5.30. The van der Waals surface area contributed by atoms with Crippen LogP contribution in [0, 0.1) is 0 Å². The van der Waals surface area contributed by atoms with Crippen molar-refractivity contribution < 1.29 is 47.6 Å². The molecule has 25 heavy (non-hydrogen) atoms. The van der Waals surface area contributed by atoms with Gasteiger partial charge in [-0.1, -0.05) is 0 Å². The maximum Gasteiger partial charge on any atom is 0.481 e. The molecule has 1 aliphatic rings. The average Bonchev–Trinajstić information content (AvgIpc) is 2.73. The predicted molar refractivity (Wildman–Crippen MR) is 77.7 cm³/mol. The second-order valence-electron chi connectivity index (χ2n) is 4.89. The normalized spacial score (nSPS) is 29.5. The number of hydrogen-bond acceptors (Lipinski definition) is 10. The summed E-state index contributed by atoms with van der Waals surface area (Å²) in [6, 6.07) is 1.22. The molecular formula is C9H15N3O11P2. The minimum atomic E-state index is -5.38. The first-order chi connectivity index (χ1) is 11.4. The molecule has 1 fully saturated rings. The number of ether oxygens (including phenoxy) is 1. The van der Waals surface area contributed by atoms with Crippen molar-refractivity contribution in [2.45, 2.75) is 24.5 Å². The number of aliphatic hydroxyl groups excluding tert-OH is 2. The fourth-order valence-electron chi connectivity index (χ4n) is 2.15. The molecule has 0 saturated carbocycles. The third-order valence-corrected chi connectivity index (χ3v) is 5.27. The quantitative estimate of drug-likeness (QED) is 0.274. The van der Waals surface area contributed by atoms with Crippen LogP contribution in [0.2, 0.25) is 0 Å². The van der Waals surface area contributed by atoms with Gasteiger partial charge in [0.15, 0.2) is 6.23 Å². The number of hydrogen-bond donors (Lipinski definition) is 6. The molecule has 0 aromatic carbocycles. The fraction of sp³-hybridized carbons (Fsp3) is 0.556. The molecule has 0 aliphatic carbocycles. The summed E-state index contributed by atoms with van der Waals surface area (Å²) in [5.41, 5.74) is 4.41. The van der Waals surface area contributed by atoms with Crippen LogP contribution in [-0.4, -0.2) is 59.4 Å². The van der Waals surface area contributed by atoms with Gasteiger partial charge in [0.1, 0.15) is 24.1 Å². The number of aromatic nitrogens is 2. The standard InChI is InChI=1S/C9H15N3O11P2/c10-5-1-2-12(9(15)11-5)8-6(14)7(4(3-13)21-8)22-25(19,20)23-24(16,17)18/h1-2,4,6-8,13-14H,3H2,(H,19,20)(H2,10,11,15)(H2,16,17,18)/t4-,6-,7-,8-/m1/s1. The molecule has 1 aromatic heterocycles. The topological polar surface area (TPSA) is 224 Å². The summed E-state index contributed by atoms with van der Waals surface area (Å²) in [5.74, 6) is -0.102. The van der Waals surface area contributed by atoms with Crippen LogP contribution in [0.25, 0.3) is 0 Å². The van der Waals surface area contributed by atoms with Gasteiger partial charge in [0.2, 0.25) is 0 Å². The molecule has 1 aliphatic heterocycles. The summed E-state index contributed by atoms with van der Waals surface area (Å²) < 4.78 is 36.4. The minimum absolute atomic E-state index is 0.102. The van der Waals surface area contributed by atoms with Gasteiger partial charge in [0, 0.05) is 6.20 Å². The fourth-order valence-corrected chi connectivity index (χ4v) is 3.95. The Kier molecular flexibility index (Phi) is 5.81. The van der Waals surface area contributed by atoms with E-state index >= 15 is 0 Å². The Morgan fingerprint density at radius 3 is 2.52 bits per heavy atom. The summed E-state index contributed by atoms with van der Waals surface area (Å²) in [4.78, 5) is 41.7. The Morgan fingerprint density at radius 2 is 2.00 bits per heavy atom. The third kappa shape index (κ3) is 4.92. The van der Waals surface area contributed by atoms with Crippen LogP contribution in [0.3, 0.4) is 0 Å². The number of aliphatic hydroxyl groups is 2. The molecule has 1 aromatic rings. The number of rotatable bonds is 6. The molecule has 1 unspecified atom stereocenters. The van der Waals surface area contributed by atoms with E-state index in [2.05, 4.69) is 13.8 Å². The second-order valence-corrected chi connectivity index (χ2v) is 7.67. The number of phosphoric acid groups is 2. The van der Waals surface area contributed by atoms with Gasteiger partial charge in [-0.2, -0.15) is 9.29 Å². The van der Waals surface area contributed by atoms with E-state index in [9.17, 15) is 29.0 Å². The SMILES string of the molecule is Nc1ccn([C@@H]2O[C@H](CO)[C@@H](OP(=O)(O)OP(=O)(O)O)[C@H]2O)c(=O)n1. The average molecular weight is 403 g/mol. The number of phosphoric ester groups is 1. The van der Waals surface area contributed by atoms with Gasteiger partial charge < -0.3 is 35.4 Å². The van der Waals surface area contributed by atoms with E-state index < -0.39 is 52.5 Å². The van der Waals surface area contributed by atoms with Crippen molar-refractivity contribution in [3.63, 3.8) is 0 Å². The highest BCUT2D eigenvalue weighted by atomic mass is 31.3. The van der Waals surface area contributed by atoms with Crippen LogP contribution in [0.1, 0.15) is 6.23 Å². The van der Waals surface area contributed by atoms with E-state index in [1.54, 1.807) is 0 Å². The molecule has 1 saturated heterocycles. The summed E-state index contributed by atoms with van der Waals surface area (Å²) in [7, 11) is -10.7. The molecule has 0 spiro atoms. The van der Waals surface area contributed by atoms with Crippen LogP contribution in [-0.2, 0) is 22.7 Å². The largest absolute Gasteiger partial charge is 0.481 e. The van der Waals surface area contributed by atoms with E-state index in [1.807, 2.05) is 0 Å². The van der Waals surface area contributed by atoms with Gasteiger partial charge in [-0.3, -0.25) is 9.09 Å². The van der Waals surface area contributed by atoms with Crippen molar-refractivity contribution in [1.82, 2.24) is 9.55 Å². The highest BCUT2D eigenvalue weighted by molar-refractivity contribution is 7.60. The summed E-state index contributed by atoms with van der Waals surface area (Å²) in [6.45, 7) is -0.814. The molecule has 0 amide bonds. The second kappa shape index (κ2) is 7.21. The van der Waals surface area contributed by atoms with Crippen molar-refractivity contribution in [3.05, 3.63) is 22.7 Å². The third-order valence-electron chi connectivity index (χ3n) is 3.08. The highest BCUT2D eigenvalue weighted by Crippen LogP contribution is 2.59. The van der Waals surface area contributed by atoms with Gasteiger partial charge in [-0.05, 0) is 6.07 Å². The lowest BCUT2D eigenvalue weighted by Gasteiger charge is -2.22. The predicted octanol–water partition coefficient (Wildman–Crippen LogP) is -2.33. The molecule has 142 valence electrons. The Hall–Kier alpha value is -1.18. The zero-order valence-electron chi connectivity index (χ0n) is 12.2. The molecule has 14 nitrogen and oxygen atoms in total. The van der Waals surface area contributed by atoms with Gasteiger partial charge >= 0.3 is 21.3 Å². The van der Waals surface area contributed by atoms with Crippen molar-refractivity contribution in [2.24, 2.45) is 0 Å². The summed E-state index contributed by atoms with van der Waals surface area (Å²) >= 11 is 0. The lowest BCUT2D eigenvalue weighted by molar-refractivity contribution is -0.0547. The zero-order valence-corrected chi connectivity index (χ0v) is 14.0. The van der Waals surface area contributed by atoms with Gasteiger partial charge in [-0.25, -0.2) is 13.9 Å². The van der Waals surface area contributed by atoms with E-state index in [0.717, 1.165) is 10.8 Å². The lowest BCUT2D eigenvalue weighted by atomic mass is 10.1. The number of nitrogens with two attached hydrogens (primary N) is 1. The van der Waals surface area contributed by atoms with Crippen LogP contribution in [0.15, 0.2) is 17.1 Å². The number of nitrogens with zero attached hydrogens (tertiary/aromatic N) is 2. The van der Waals surface area contributed by atoms with Crippen LogP contribution < -0.4 is 11.4 Å². The lowest BCUT2D eigenvalue weighted by Crippen LogP contribution is -2.37. The van der Waals surface area contributed by atoms with E-state index in [0.29, 0.717) is 0 Å². The van der Waals surface area contributed by atoms with E-state index in [-0.39, 0.29) is 5.82 Å². The van der Waals surface area contributed by atoms with Crippen molar-refractivity contribution in [1.29, 1.82) is 0 Å². The number of nitrogen functional groups attached to an aromatic ring is 1. The van der Waals surface area contributed by atoms with Crippen LogP contribution in [0.5, 0.6) is 0 Å². The molecule has 16 heteroatoms. The first kappa shape index (κ1) is 20.1. The first-order valence-corrected chi connectivity index (χ1v) is 9.53. The van der Waals surface area contributed by atoms with Crippen LogP contribution in [0.4, 0.5) is 5.82 Å². The Bertz CT molecular complexity index is 778. The molecule has 2 heterocycles. The maximum absolute atomic E-state index is 11.8. The monoisotopic (exact) mass is 403 g/mol. The van der Waals surface area contributed by atoms with E-state index in [1.165, 1.54) is 6.07 Å². The van der Waals surface area contributed by atoms with Crippen LogP contribution >= 0.6 is 15.6 Å². The Labute approximate surface area is 139 Å². The Morgan fingerprint density at radius 1 is 1.36 bits per heavy atom. The highest BCUT2D eigenvalue weighted by Gasteiger charge is 2.50. The Balaban J connectivity index is 2.26. The molecule has 7 N–H and O–H groups in total. The van der Waals surface area contributed by atoms with Gasteiger partial charge in [-0.15, -0.1) is 0 Å². The maximum atomic E-state index is 11.8. The molecule has 2 rings (SSSR count). The minimum Gasteiger partial charge on any atom is -0.394 e. The number of anilines is 1. The first-order valence-electron chi connectivity index (χ1n) is 6.50. The van der Waals surface area contributed by atoms with Gasteiger partial charge in [0.05, 0.1) is 6.61 Å². The molecule has 0 radical (unpaired) electrons. The zero-order chi connectivity index (χ0) is 19.0. The summed E-state index contributed by atoms with van der Waals surface area (Å²) in [5, 5.41) is 19.5. The molecule has 5 atom stereocenters. The van der Waals surface area contributed by atoms with E-state index in [4.69, 9.17) is 20.3 Å². The van der Waals surface area contributed by atoms with Crippen molar-refractivity contribution >= 4 is 21.5 Å². The van der Waals surface area contributed by atoms with Gasteiger partial charge in [0.25, 0.3) is 0 Å². The smallest absolute Gasteiger partial charge is 0.394 e. The van der Waals surface area contributed by atoms with Crippen molar-refractivity contribution in [2.75, 3.05) is 12.3 Å². The molecule has 0 bridgehead atoms. The van der Waals surface area contributed by atoms with Crippen molar-refractivity contribution in [3.8, 4) is 0 Å². The molecular weight excluding hydrogens is 388 g/mol.